The third-order valence-corrected chi connectivity index (χ3v) is 3.10. The molecule has 0 radical (unpaired) electrons. The summed E-state index contributed by atoms with van der Waals surface area (Å²) in [5.41, 5.74) is 7.88. The van der Waals surface area contributed by atoms with E-state index in [0.717, 1.165) is 5.39 Å². The Labute approximate surface area is 114 Å². The molecule has 0 fully saturated rings. The molecule has 2 heterocycles. The number of nitrogens with zero attached hydrogens (tertiary/aromatic N) is 1. The van der Waals surface area contributed by atoms with Gasteiger partial charge in [0.15, 0.2) is 5.78 Å². The van der Waals surface area contributed by atoms with Crippen molar-refractivity contribution in [3.8, 4) is 0 Å². The molecule has 94 valence electrons. The first-order valence-electron chi connectivity index (χ1n) is 5.68. The molecule has 19 heavy (non-hydrogen) atoms. The number of H-pyrrole nitrogens is 1. The second-order valence-electron chi connectivity index (χ2n) is 4.20. The fourth-order valence-electron chi connectivity index (χ4n) is 2.04. The fourth-order valence-corrected chi connectivity index (χ4v) is 2.29. The van der Waals surface area contributed by atoms with Gasteiger partial charge in [-0.15, -0.1) is 0 Å². The summed E-state index contributed by atoms with van der Waals surface area (Å²) in [4.78, 5) is 19.6. The van der Waals surface area contributed by atoms with Crippen LogP contribution in [-0.4, -0.2) is 15.8 Å². The van der Waals surface area contributed by atoms with Crippen LogP contribution in [0, 0.1) is 0 Å². The van der Waals surface area contributed by atoms with Gasteiger partial charge >= 0.3 is 0 Å². The Balaban J connectivity index is 2.13. The third kappa shape index (κ3) is 2.06. The lowest BCUT2D eigenvalue weighted by Crippen LogP contribution is -2.01. The number of nitrogens with one attached hydrogen (secondary N) is 1. The van der Waals surface area contributed by atoms with E-state index >= 15 is 0 Å². The maximum Gasteiger partial charge on any atom is 0.195 e. The van der Waals surface area contributed by atoms with Gasteiger partial charge in [0, 0.05) is 39.6 Å². The molecule has 2 aromatic heterocycles. The number of benzene rings is 1. The van der Waals surface area contributed by atoms with E-state index in [9.17, 15) is 4.79 Å². The summed E-state index contributed by atoms with van der Waals surface area (Å²) in [6, 6.07) is 8.47. The minimum absolute atomic E-state index is 0.131. The Kier molecular flexibility index (Phi) is 2.72. The Morgan fingerprint density at radius 1 is 1.32 bits per heavy atom. The van der Waals surface area contributed by atoms with Gasteiger partial charge in [0.2, 0.25) is 0 Å². The molecule has 0 aliphatic carbocycles. The number of hydrogen-bond acceptors (Lipinski definition) is 3. The lowest BCUT2D eigenvalue weighted by molar-refractivity contribution is 0.104. The number of hydrogen-bond donors (Lipinski definition) is 2. The van der Waals surface area contributed by atoms with Crippen molar-refractivity contribution in [3.63, 3.8) is 0 Å². The molecule has 0 bridgehead atoms. The minimum atomic E-state index is -0.131. The smallest absolute Gasteiger partial charge is 0.195 e. The number of halogens is 1. The Morgan fingerprint density at radius 2 is 2.16 bits per heavy atom. The Hall–Kier alpha value is -2.33. The highest BCUT2D eigenvalue weighted by Gasteiger charge is 2.15. The van der Waals surface area contributed by atoms with Crippen LogP contribution < -0.4 is 5.73 Å². The van der Waals surface area contributed by atoms with Gasteiger partial charge in [-0.25, -0.2) is 4.98 Å². The average molecular weight is 272 g/mol. The van der Waals surface area contributed by atoms with Crippen molar-refractivity contribution in [2.45, 2.75) is 0 Å². The number of fused-ring (bicyclic) bond motifs is 1. The highest BCUT2D eigenvalue weighted by atomic mass is 35.5. The van der Waals surface area contributed by atoms with Crippen LogP contribution in [0.1, 0.15) is 15.9 Å². The van der Waals surface area contributed by atoms with Crippen LogP contribution in [0.4, 0.5) is 5.69 Å². The van der Waals surface area contributed by atoms with E-state index in [1.54, 1.807) is 36.7 Å². The van der Waals surface area contributed by atoms with Gasteiger partial charge in [-0.3, -0.25) is 4.79 Å². The first kappa shape index (κ1) is 11.7. The SMILES string of the molecule is Nc1cc(Cl)cc(C(=O)c2c[nH]c3ncccc23)c1. The monoisotopic (exact) mass is 271 g/mol. The van der Waals surface area contributed by atoms with Crippen LogP contribution in [0.25, 0.3) is 11.0 Å². The first-order chi connectivity index (χ1) is 9.15. The quantitative estimate of drug-likeness (QED) is 0.556. The number of carbonyl (C=O) groups excluding carboxylic acids is 1. The van der Waals surface area contributed by atoms with Crippen molar-refractivity contribution in [1.29, 1.82) is 0 Å². The Morgan fingerprint density at radius 3 is 2.95 bits per heavy atom. The van der Waals surface area contributed by atoms with Gasteiger partial charge in [-0.1, -0.05) is 11.6 Å². The topological polar surface area (TPSA) is 71.8 Å². The second kappa shape index (κ2) is 4.40. The maximum atomic E-state index is 12.5. The van der Waals surface area contributed by atoms with Crippen LogP contribution in [0.3, 0.4) is 0 Å². The molecule has 0 aliphatic heterocycles. The molecule has 4 nitrogen and oxygen atoms in total. The number of aromatic amines is 1. The number of nitrogens with two attached hydrogens (primary N) is 1. The standard InChI is InChI=1S/C14H10ClN3O/c15-9-4-8(5-10(16)6-9)13(19)12-7-18-14-11(12)2-1-3-17-14/h1-7H,16H2,(H,17,18). The van der Waals surface area contributed by atoms with Gasteiger partial charge < -0.3 is 10.7 Å². The lowest BCUT2D eigenvalue weighted by Gasteiger charge is -2.02. The van der Waals surface area contributed by atoms with Crippen LogP contribution in [0.15, 0.2) is 42.7 Å². The van der Waals surface area contributed by atoms with E-state index in [-0.39, 0.29) is 5.78 Å². The summed E-state index contributed by atoms with van der Waals surface area (Å²) < 4.78 is 0. The van der Waals surface area contributed by atoms with Gasteiger partial charge in [-0.05, 0) is 30.3 Å². The zero-order chi connectivity index (χ0) is 13.4. The summed E-state index contributed by atoms with van der Waals surface area (Å²) in [6.45, 7) is 0. The summed E-state index contributed by atoms with van der Waals surface area (Å²) in [5.74, 6) is -0.131. The largest absolute Gasteiger partial charge is 0.399 e. The van der Waals surface area contributed by atoms with Crippen molar-refractivity contribution < 1.29 is 4.79 Å². The van der Waals surface area contributed by atoms with E-state index in [0.29, 0.717) is 27.5 Å². The molecule has 0 aliphatic rings. The number of anilines is 1. The third-order valence-electron chi connectivity index (χ3n) is 2.88. The summed E-state index contributed by atoms with van der Waals surface area (Å²) in [7, 11) is 0. The van der Waals surface area contributed by atoms with Crippen molar-refractivity contribution in [1.82, 2.24) is 9.97 Å². The van der Waals surface area contributed by atoms with E-state index in [2.05, 4.69) is 9.97 Å². The molecule has 0 saturated heterocycles. The molecule has 3 N–H and O–H groups in total. The predicted octanol–water partition coefficient (Wildman–Crippen LogP) is 3.03. The zero-order valence-corrected chi connectivity index (χ0v) is 10.6. The lowest BCUT2D eigenvalue weighted by atomic mass is 10.0. The molecule has 1 aromatic carbocycles. The molecular weight excluding hydrogens is 262 g/mol. The highest BCUT2D eigenvalue weighted by molar-refractivity contribution is 6.31. The number of rotatable bonds is 2. The maximum absolute atomic E-state index is 12.5. The Bertz CT molecular complexity index is 759. The van der Waals surface area contributed by atoms with Crippen molar-refractivity contribution in [3.05, 3.63) is 58.9 Å². The summed E-state index contributed by atoms with van der Waals surface area (Å²) in [5, 5.41) is 1.23. The number of pyridine rings is 1. The van der Waals surface area contributed by atoms with E-state index in [1.807, 2.05) is 6.07 Å². The summed E-state index contributed by atoms with van der Waals surface area (Å²) >= 11 is 5.92. The number of aromatic nitrogens is 2. The number of nitrogen functional groups attached to an aromatic ring is 1. The summed E-state index contributed by atoms with van der Waals surface area (Å²) in [6.07, 6.45) is 3.32. The second-order valence-corrected chi connectivity index (χ2v) is 4.64. The van der Waals surface area contributed by atoms with Crippen LogP contribution >= 0.6 is 11.6 Å². The molecule has 0 unspecified atom stereocenters. The molecule has 0 atom stereocenters. The zero-order valence-electron chi connectivity index (χ0n) is 9.85. The fraction of sp³-hybridized carbons (Fsp3) is 0. The van der Waals surface area contributed by atoms with Crippen LogP contribution in [-0.2, 0) is 0 Å². The first-order valence-corrected chi connectivity index (χ1v) is 6.06. The van der Waals surface area contributed by atoms with Crippen molar-refractivity contribution >= 4 is 34.1 Å². The minimum Gasteiger partial charge on any atom is -0.399 e. The number of ketones is 1. The van der Waals surface area contributed by atoms with E-state index in [1.165, 1.54) is 0 Å². The molecule has 3 aromatic rings. The van der Waals surface area contributed by atoms with Gasteiger partial charge in [-0.2, -0.15) is 0 Å². The van der Waals surface area contributed by atoms with Crippen molar-refractivity contribution in [2.24, 2.45) is 0 Å². The van der Waals surface area contributed by atoms with Crippen molar-refractivity contribution in [2.75, 3.05) is 5.73 Å². The molecule has 0 saturated carbocycles. The molecule has 3 rings (SSSR count). The van der Waals surface area contributed by atoms with Gasteiger partial charge in [0.1, 0.15) is 5.65 Å². The highest BCUT2D eigenvalue weighted by Crippen LogP contribution is 2.23. The van der Waals surface area contributed by atoms with E-state index < -0.39 is 0 Å². The van der Waals surface area contributed by atoms with Gasteiger partial charge in [0.25, 0.3) is 0 Å². The molecule has 0 amide bonds. The van der Waals surface area contributed by atoms with Gasteiger partial charge in [0.05, 0.1) is 0 Å². The molecular formula is C14H10ClN3O. The van der Waals surface area contributed by atoms with E-state index in [4.69, 9.17) is 17.3 Å². The van der Waals surface area contributed by atoms with Crippen LogP contribution in [0.5, 0.6) is 0 Å². The predicted molar refractivity (Wildman–Crippen MR) is 75.4 cm³/mol. The van der Waals surface area contributed by atoms with Crippen LogP contribution in [0.2, 0.25) is 5.02 Å². The average Bonchev–Trinajstić information content (AvgIpc) is 2.80. The molecule has 5 heteroatoms. The normalized spacial score (nSPS) is 10.8. The molecule has 0 spiro atoms. The number of carbonyl (C=O) groups is 1.